The highest BCUT2D eigenvalue weighted by Crippen LogP contribution is 2.19. The van der Waals surface area contributed by atoms with E-state index in [0.29, 0.717) is 18.8 Å². The van der Waals surface area contributed by atoms with Crippen molar-refractivity contribution in [2.45, 2.75) is 26.3 Å². The van der Waals surface area contributed by atoms with Crippen molar-refractivity contribution in [3.8, 4) is 17.0 Å². The number of rotatable bonds is 9. The fourth-order valence-electron chi connectivity index (χ4n) is 2.73. The molecule has 0 saturated carbocycles. The van der Waals surface area contributed by atoms with Crippen LogP contribution in [0.2, 0.25) is 0 Å². The van der Waals surface area contributed by atoms with Gasteiger partial charge in [-0.2, -0.15) is 5.10 Å². The van der Waals surface area contributed by atoms with Crippen molar-refractivity contribution < 1.29 is 9.53 Å². The van der Waals surface area contributed by atoms with E-state index >= 15 is 0 Å². The molecule has 0 aliphatic carbocycles. The highest BCUT2D eigenvalue weighted by Gasteiger charge is 2.07. The van der Waals surface area contributed by atoms with Gasteiger partial charge in [0.15, 0.2) is 0 Å². The maximum Gasteiger partial charge on any atom is 0.266 e. The van der Waals surface area contributed by atoms with E-state index in [0.717, 1.165) is 17.7 Å². The molecule has 3 aromatic rings. The third kappa shape index (κ3) is 5.53. The maximum atomic E-state index is 12.1. The first kappa shape index (κ1) is 19.8. The van der Waals surface area contributed by atoms with Crippen LogP contribution in [0.5, 0.6) is 5.75 Å². The Labute approximate surface area is 167 Å². The largest absolute Gasteiger partial charge is 0.494 e. The molecule has 0 bridgehead atoms. The van der Waals surface area contributed by atoms with Gasteiger partial charge in [-0.25, -0.2) is 4.68 Å². The monoisotopic (exact) mass is 397 g/mol. The number of carbonyl (C=O) groups is 1. The van der Waals surface area contributed by atoms with Crippen LogP contribution in [0.15, 0.2) is 58.7 Å². The number of carbonyl (C=O) groups excluding carboxylic acids is 1. The molecule has 0 radical (unpaired) electrons. The highest BCUT2D eigenvalue weighted by molar-refractivity contribution is 7.09. The van der Waals surface area contributed by atoms with Gasteiger partial charge in [0, 0.05) is 29.5 Å². The van der Waals surface area contributed by atoms with Gasteiger partial charge >= 0.3 is 0 Å². The van der Waals surface area contributed by atoms with Crippen molar-refractivity contribution >= 4 is 17.2 Å². The minimum Gasteiger partial charge on any atom is -0.494 e. The number of thiophene rings is 1. The Bertz CT molecular complexity index is 950. The van der Waals surface area contributed by atoms with Crippen molar-refractivity contribution in [2.24, 2.45) is 0 Å². The van der Waals surface area contributed by atoms with Crippen LogP contribution in [-0.4, -0.2) is 28.8 Å². The van der Waals surface area contributed by atoms with Crippen LogP contribution in [0.1, 0.15) is 18.2 Å². The average Bonchev–Trinajstić information content (AvgIpc) is 3.22. The molecule has 2 heterocycles. The van der Waals surface area contributed by atoms with E-state index < -0.39 is 0 Å². The first-order valence-electron chi connectivity index (χ1n) is 9.26. The van der Waals surface area contributed by atoms with Crippen LogP contribution in [0.25, 0.3) is 11.3 Å². The van der Waals surface area contributed by atoms with Gasteiger partial charge in [0.25, 0.3) is 5.56 Å². The number of aromatic nitrogens is 2. The third-order valence-corrected chi connectivity index (χ3v) is 5.09. The van der Waals surface area contributed by atoms with Crippen molar-refractivity contribution in [3.63, 3.8) is 0 Å². The first-order valence-corrected chi connectivity index (χ1v) is 10.1. The molecular weight excluding hydrogens is 374 g/mol. The van der Waals surface area contributed by atoms with Crippen LogP contribution in [0.4, 0.5) is 0 Å². The molecular formula is C21H23N3O3S. The standard InChI is InChI=1S/C21H23N3O3S/c1-2-27-17-7-5-16(6-8-17)19-9-10-21(26)24(23-19)14-12-20(25)22-13-11-18-4-3-15-28-18/h3-10,15H,2,11-14H2,1H3,(H,22,25). The van der Waals surface area contributed by atoms with E-state index in [1.807, 2.05) is 48.7 Å². The molecule has 1 aromatic carbocycles. The van der Waals surface area contributed by atoms with E-state index in [4.69, 9.17) is 4.74 Å². The van der Waals surface area contributed by atoms with Gasteiger partial charge in [-0.1, -0.05) is 6.07 Å². The zero-order valence-electron chi connectivity index (χ0n) is 15.8. The summed E-state index contributed by atoms with van der Waals surface area (Å²) in [5, 5.41) is 9.30. The topological polar surface area (TPSA) is 73.2 Å². The van der Waals surface area contributed by atoms with Gasteiger partial charge in [-0.3, -0.25) is 9.59 Å². The highest BCUT2D eigenvalue weighted by atomic mass is 32.1. The van der Waals surface area contributed by atoms with E-state index in [1.165, 1.54) is 15.6 Å². The lowest BCUT2D eigenvalue weighted by Crippen LogP contribution is -2.29. The number of amides is 1. The molecule has 0 aliphatic heterocycles. The summed E-state index contributed by atoms with van der Waals surface area (Å²) in [5.74, 6) is 0.704. The SMILES string of the molecule is CCOc1ccc(-c2ccc(=O)n(CCC(=O)NCCc3cccs3)n2)cc1. The minimum atomic E-state index is -0.221. The Morgan fingerprint density at radius 1 is 1.18 bits per heavy atom. The van der Waals surface area contributed by atoms with Gasteiger partial charge in [0.05, 0.1) is 18.8 Å². The van der Waals surface area contributed by atoms with Crippen molar-refractivity contribution in [1.82, 2.24) is 15.1 Å². The second-order valence-electron chi connectivity index (χ2n) is 6.17. The molecule has 3 rings (SSSR count). The summed E-state index contributed by atoms with van der Waals surface area (Å²) in [6.07, 6.45) is 1.03. The fourth-order valence-corrected chi connectivity index (χ4v) is 3.44. The molecule has 0 unspecified atom stereocenters. The molecule has 0 fully saturated rings. The number of hydrogen-bond donors (Lipinski definition) is 1. The number of benzene rings is 1. The Kier molecular flexibility index (Phi) is 6.97. The van der Waals surface area contributed by atoms with Gasteiger partial charge in [-0.05, 0) is 55.1 Å². The van der Waals surface area contributed by atoms with Crippen molar-refractivity contribution in [3.05, 3.63) is 69.1 Å². The lowest BCUT2D eigenvalue weighted by Gasteiger charge is -2.09. The predicted molar refractivity (Wildman–Crippen MR) is 111 cm³/mol. The molecule has 6 nitrogen and oxygen atoms in total. The van der Waals surface area contributed by atoms with Crippen LogP contribution >= 0.6 is 11.3 Å². The fraction of sp³-hybridized carbons (Fsp3) is 0.286. The van der Waals surface area contributed by atoms with Crippen LogP contribution in [-0.2, 0) is 17.8 Å². The van der Waals surface area contributed by atoms with Gasteiger partial charge in [0.2, 0.25) is 5.91 Å². The molecule has 0 spiro atoms. The van der Waals surface area contributed by atoms with E-state index in [9.17, 15) is 9.59 Å². The van der Waals surface area contributed by atoms with Crippen LogP contribution in [0, 0.1) is 0 Å². The maximum absolute atomic E-state index is 12.1. The number of nitrogens with one attached hydrogen (secondary N) is 1. The summed E-state index contributed by atoms with van der Waals surface area (Å²) in [6, 6.07) is 14.8. The van der Waals surface area contributed by atoms with Gasteiger partial charge in [0.1, 0.15) is 5.75 Å². The van der Waals surface area contributed by atoms with Gasteiger partial charge in [-0.15, -0.1) is 11.3 Å². The average molecular weight is 398 g/mol. The lowest BCUT2D eigenvalue weighted by atomic mass is 10.1. The number of aryl methyl sites for hydroxylation is 1. The van der Waals surface area contributed by atoms with Crippen LogP contribution < -0.4 is 15.6 Å². The Hall–Kier alpha value is -2.93. The molecule has 0 aliphatic rings. The summed E-state index contributed by atoms with van der Waals surface area (Å²) in [4.78, 5) is 25.4. The summed E-state index contributed by atoms with van der Waals surface area (Å²) < 4.78 is 6.78. The summed E-state index contributed by atoms with van der Waals surface area (Å²) in [6.45, 7) is 3.38. The van der Waals surface area contributed by atoms with Crippen molar-refractivity contribution in [2.75, 3.05) is 13.2 Å². The molecule has 0 atom stereocenters. The quantitative estimate of drug-likeness (QED) is 0.602. The number of nitrogens with zero attached hydrogens (tertiary/aromatic N) is 2. The Morgan fingerprint density at radius 3 is 2.71 bits per heavy atom. The second kappa shape index (κ2) is 9.85. The summed E-state index contributed by atoms with van der Waals surface area (Å²) >= 11 is 1.68. The van der Waals surface area contributed by atoms with Gasteiger partial charge < -0.3 is 10.1 Å². The van der Waals surface area contributed by atoms with Crippen molar-refractivity contribution in [1.29, 1.82) is 0 Å². The zero-order chi connectivity index (χ0) is 19.8. The second-order valence-corrected chi connectivity index (χ2v) is 7.20. The number of hydrogen-bond acceptors (Lipinski definition) is 5. The molecule has 146 valence electrons. The van der Waals surface area contributed by atoms with E-state index in [1.54, 1.807) is 17.4 Å². The molecule has 7 heteroatoms. The zero-order valence-corrected chi connectivity index (χ0v) is 16.6. The Balaban J connectivity index is 1.57. The molecule has 2 aromatic heterocycles. The normalized spacial score (nSPS) is 10.6. The Morgan fingerprint density at radius 2 is 2.00 bits per heavy atom. The minimum absolute atomic E-state index is 0.0864. The third-order valence-electron chi connectivity index (χ3n) is 4.15. The first-order chi connectivity index (χ1) is 13.7. The summed E-state index contributed by atoms with van der Waals surface area (Å²) in [7, 11) is 0. The lowest BCUT2D eigenvalue weighted by molar-refractivity contribution is -0.121. The molecule has 1 N–H and O–H groups in total. The predicted octanol–water partition coefficient (Wildman–Crippen LogP) is 3.12. The van der Waals surface area contributed by atoms with E-state index in [-0.39, 0.29) is 24.4 Å². The van der Waals surface area contributed by atoms with E-state index in [2.05, 4.69) is 10.4 Å². The number of ether oxygens (including phenoxy) is 1. The van der Waals surface area contributed by atoms with Crippen LogP contribution in [0.3, 0.4) is 0 Å². The molecule has 0 saturated heterocycles. The summed E-state index contributed by atoms with van der Waals surface area (Å²) in [5.41, 5.74) is 1.35. The molecule has 28 heavy (non-hydrogen) atoms. The molecule has 1 amide bonds. The smallest absolute Gasteiger partial charge is 0.266 e.